The highest BCUT2D eigenvalue weighted by molar-refractivity contribution is 5.95. The molecule has 3 N–H and O–H groups in total. The second kappa shape index (κ2) is 11.3. The summed E-state index contributed by atoms with van der Waals surface area (Å²) in [5.41, 5.74) is -3.45. The lowest BCUT2D eigenvalue weighted by Crippen LogP contribution is -2.48. The third-order valence-corrected chi connectivity index (χ3v) is 6.84. The fraction of sp³-hybridized carbons (Fsp3) is 0.464. The Morgan fingerprint density at radius 2 is 1.62 bits per heavy atom. The molecule has 1 saturated heterocycles. The van der Waals surface area contributed by atoms with Gasteiger partial charge in [-0.05, 0) is 74.9 Å². The number of carboxylic acid groups (broad SMARTS) is 1. The molecule has 0 atom stereocenters. The van der Waals surface area contributed by atoms with Crippen LogP contribution in [-0.4, -0.2) is 51.8 Å². The molecule has 0 aliphatic carbocycles. The van der Waals surface area contributed by atoms with Crippen LogP contribution in [0.2, 0.25) is 0 Å². The minimum atomic E-state index is -4.79. The van der Waals surface area contributed by atoms with E-state index in [9.17, 15) is 37.8 Å². The van der Waals surface area contributed by atoms with Gasteiger partial charge in [-0.25, -0.2) is 9.59 Å². The quantitative estimate of drug-likeness (QED) is 0.301. The second-order valence-electron chi connectivity index (χ2n) is 10.9. The summed E-state index contributed by atoms with van der Waals surface area (Å²) in [4.78, 5) is 38.4. The topological polar surface area (TPSA) is 116 Å². The van der Waals surface area contributed by atoms with Crippen molar-refractivity contribution in [3.8, 4) is 5.75 Å². The van der Waals surface area contributed by atoms with Crippen molar-refractivity contribution in [2.75, 3.05) is 18.4 Å². The molecule has 0 bridgehead atoms. The minimum absolute atomic E-state index is 0.00939. The summed E-state index contributed by atoms with van der Waals surface area (Å²) in [6.45, 7) is 7.45. The fourth-order valence-electron chi connectivity index (χ4n) is 4.50. The van der Waals surface area contributed by atoms with E-state index >= 15 is 0 Å². The Hall–Kier alpha value is -3.60. The van der Waals surface area contributed by atoms with Gasteiger partial charge >= 0.3 is 24.1 Å². The SMILES string of the molecule is CC(C)CC1(O)CCN(C(=O)Nc2cc(C(=O)Oc3ccc(C(C)(C)C(=O)O)cc3)cc(C(F)(F)F)c2)CC1. The maximum atomic E-state index is 13.6. The molecule has 8 nitrogen and oxygen atoms in total. The smallest absolute Gasteiger partial charge is 0.416 e. The van der Waals surface area contributed by atoms with Gasteiger partial charge in [0, 0.05) is 18.8 Å². The average molecular weight is 551 g/mol. The predicted octanol–water partition coefficient (Wildman–Crippen LogP) is 5.69. The first kappa shape index (κ1) is 29.9. The molecule has 0 radical (unpaired) electrons. The Balaban J connectivity index is 1.76. The van der Waals surface area contributed by atoms with E-state index in [0.717, 1.165) is 12.1 Å². The number of carbonyl (C=O) groups excluding carboxylic acids is 2. The zero-order valence-corrected chi connectivity index (χ0v) is 22.3. The van der Waals surface area contributed by atoms with Crippen LogP contribution in [0.4, 0.5) is 23.7 Å². The average Bonchev–Trinajstić information content (AvgIpc) is 2.83. The van der Waals surface area contributed by atoms with Crippen LogP contribution in [0, 0.1) is 5.92 Å². The number of alkyl halides is 3. The zero-order chi connectivity index (χ0) is 29.2. The first-order chi connectivity index (χ1) is 18.0. The van der Waals surface area contributed by atoms with Crippen molar-refractivity contribution in [3.63, 3.8) is 0 Å². The molecule has 39 heavy (non-hydrogen) atoms. The predicted molar refractivity (Wildman–Crippen MR) is 138 cm³/mol. The molecular weight excluding hydrogens is 517 g/mol. The van der Waals surface area contributed by atoms with Crippen LogP contribution in [0.1, 0.15) is 68.4 Å². The summed E-state index contributed by atoms with van der Waals surface area (Å²) in [5.74, 6) is -1.86. The number of rotatable bonds is 7. The zero-order valence-electron chi connectivity index (χ0n) is 22.3. The lowest BCUT2D eigenvalue weighted by atomic mass is 9.84. The lowest BCUT2D eigenvalue weighted by molar-refractivity contribution is -0.142. The number of aliphatic hydroxyl groups is 1. The first-order valence-electron chi connectivity index (χ1n) is 12.6. The normalized spacial score (nSPS) is 15.7. The Morgan fingerprint density at radius 1 is 1.03 bits per heavy atom. The van der Waals surface area contributed by atoms with Gasteiger partial charge in [-0.15, -0.1) is 0 Å². The second-order valence-corrected chi connectivity index (χ2v) is 10.9. The van der Waals surface area contributed by atoms with E-state index in [1.807, 2.05) is 13.8 Å². The molecule has 1 fully saturated rings. The third-order valence-electron chi connectivity index (χ3n) is 6.84. The molecule has 0 saturated carbocycles. The summed E-state index contributed by atoms with van der Waals surface area (Å²) in [6, 6.07) is 7.43. The lowest BCUT2D eigenvalue weighted by Gasteiger charge is -2.39. The van der Waals surface area contributed by atoms with Crippen LogP contribution >= 0.6 is 0 Å². The van der Waals surface area contributed by atoms with Crippen LogP contribution in [0.3, 0.4) is 0 Å². The molecule has 0 aromatic heterocycles. The van der Waals surface area contributed by atoms with E-state index in [0.29, 0.717) is 30.9 Å². The van der Waals surface area contributed by atoms with E-state index in [-0.39, 0.29) is 30.4 Å². The van der Waals surface area contributed by atoms with E-state index in [4.69, 9.17) is 4.74 Å². The van der Waals surface area contributed by atoms with Crippen LogP contribution in [0.15, 0.2) is 42.5 Å². The number of urea groups is 1. The molecule has 1 heterocycles. The van der Waals surface area contributed by atoms with Gasteiger partial charge in [0.25, 0.3) is 0 Å². The van der Waals surface area contributed by atoms with Crippen molar-refractivity contribution in [2.24, 2.45) is 5.92 Å². The highest BCUT2D eigenvalue weighted by Crippen LogP contribution is 2.33. The number of carboxylic acids is 1. The molecule has 2 amide bonds. The van der Waals surface area contributed by atoms with Crippen molar-refractivity contribution in [1.82, 2.24) is 4.90 Å². The molecule has 1 aliphatic rings. The number of ether oxygens (including phenoxy) is 1. The maximum absolute atomic E-state index is 13.6. The number of piperidine rings is 1. The van der Waals surface area contributed by atoms with E-state index < -0.39 is 46.3 Å². The van der Waals surface area contributed by atoms with E-state index in [1.165, 1.54) is 43.0 Å². The first-order valence-corrected chi connectivity index (χ1v) is 12.6. The number of esters is 1. The van der Waals surface area contributed by atoms with Crippen LogP contribution in [-0.2, 0) is 16.4 Å². The van der Waals surface area contributed by atoms with Crippen molar-refractivity contribution >= 4 is 23.7 Å². The maximum Gasteiger partial charge on any atom is 0.416 e. The highest BCUT2D eigenvalue weighted by Gasteiger charge is 2.35. The number of carbonyl (C=O) groups is 3. The number of amides is 2. The summed E-state index contributed by atoms with van der Waals surface area (Å²) in [7, 11) is 0. The summed E-state index contributed by atoms with van der Waals surface area (Å²) in [5, 5.41) is 22.5. The number of aliphatic carboxylic acids is 1. The van der Waals surface area contributed by atoms with Crippen LogP contribution in [0.5, 0.6) is 5.75 Å². The molecular formula is C28H33F3N2O6. The Kier molecular flexibility index (Phi) is 8.64. The van der Waals surface area contributed by atoms with Gasteiger partial charge in [0.15, 0.2) is 0 Å². The van der Waals surface area contributed by atoms with Crippen LogP contribution in [0.25, 0.3) is 0 Å². The van der Waals surface area contributed by atoms with Crippen molar-refractivity contribution in [2.45, 2.75) is 64.1 Å². The monoisotopic (exact) mass is 550 g/mol. The van der Waals surface area contributed by atoms with Gasteiger partial charge in [0.2, 0.25) is 0 Å². The largest absolute Gasteiger partial charge is 0.481 e. The number of benzene rings is 2. The molecule has 3 rings (SSSR count). The van der Waals surface area contributed by atoms with Crippen molar-refractivity contribution in [3.05, 3.63) is 59.2 Å². The van der Waals surface area contributed by atoms with Gasteiger partial charge in [-0.2, -0.15) is 13.2 Å². The number of nitrogens with zero attached hydrogens (tertiary/aromatic N) is 1. The number of hydrogen-bond donors (Lipinski definition) is 3. The molecule has 212 valence electrons. The Bertz CT molecular complexity index is 1220. The van der Waals surface area contributed by atoms with Crippen molar-refractivity contribution in [1.29, 1.82) is 0 Å². The Labute approximate surface area is 224 Å². The van der Waals surface area contributed by atoms with Gasteiger partial charge in [0.05, 0.1) is 22.1 Å². The molecule has 2 aromatic carbocycles. The van der Waals surface area contributed by atoms with E-state index in [2.05, 4.69) is 5.32 Å². The number of hydrogen-bond acceptors (Lipinski definition) is 5. The highest BCUT2D eigenvalue weighted by atomic mass is 19.4. The van der Waals surface area contributed by atoms with Gasteiger partial charge < -0.3 is 25.2 Å². The van der Waals surface area contributed by atoms with Gasteiger partial charge in [0.1, 0.15) is 5.75 Å². The van der Waals surface area contributed by atoms with Gasteiger partial charge in [-0.1, -0.05) is 26.0 Å². The Morgan fingerprint density at radius 3 is 2.13 bits per heavy atom. The van der Waals surface area contributed by atoms with E-state index in [1.54, 1.807) is 0 Å². The van der Waals surface area contributed by atoms with Gasteiger partial charge in [-0.3, -0.25) is 4.79 Å². The number of likely N-dealkylation sites (tertiary alicyclic amines) is 1. The third kappa shape index (κ3) is 7.50. The fourth-order valence-corrected chi connectivity index (χ4v) is 4.50. The summed E-state index contributed by atoms with van der Waals surface area (Å²) >= 11 is 0. The molecule has 11 heteroatoms. The standard InChI is InChI=1S/C28H33F3N2O6/c1-17(2)16-27(38)9-11-33(12-10-27)25(37)32-21-14-18(13-20(15-21)28(29,30)31)23(34)39-22-7-5-19(6-8-22)26(3,4)24(35)36/h5-8,13-15,17,38H,9-12,16H2,1-4H3,(H,32,37)(H,35,36). The van der Waals surface area contributed by atoms with Crippen molar-refractivity contribution < 1.29 is 42.5 Å². The number of nitrogens with one attached hydrogen (secondary N) is 1. The molecule has 1 aliphatic heterocycles. The molecule has 2 aromatic rings. The molecule has 0 spiro atoms. The number of anilines is 1. The molecule has 0 unspecified atom stereocenters. The summed E-state index contributed by atoms with van der Waals surface area (Å²) in [6.07, 6.45) is -3.51. The number of halogens is 3. The minimum Gasteiger partial charge on any atom is -0.481 e. The van der Waals surface area contributed by atoms with Crippen LogP contribution < -0.4 is 10.1 Å². The summed E-state index contributed by atoms with van der Waals surface area (Å²) < 4.78 is 46.0.